The zero-order valence-corrected chi connectivity index (χ0v) is 7.72. The Hall–Kier alpha value is -1.57. The van der Waals surface area contributed by atoms with Gasteiger partial charge in [-0.3, -0.25) is 0 Å². The van der Waals surface area contributed by atoms with Crippen molar-refractivity contribution in [1.29, 1.82) is 5.41 Å². The average Bonchev–Trinajstić information content (AvgIpc) is 2.46. The molecule has 1 N–H and O–H groups in total. The van der Waals surface area contributed by atoms with Gasteiger partial charge in [-0.25, -0.2) is 0 Å². The molecule has 0 fully saturated rings. The van der Waals surface area contributed by atoms with Crippen molar-refractivity contribution in [3.63, 3.8) is 0 Å². The maximum atomic E-state index is 7.43. The maximum absolute atomic E-state index is 7.43. The molecule has 0 radical (unpaired) electrons. The number of rotatable bonds is 1. The molecule has 0 aliphatic rings. The van der Waals surface area contributed by atoms with Crippen LogP contribution < -0.4 is 0 Å². The molecule has 1 aromatic heterocycles. The number of furan rings is 1. The van der Waals surface area contributed by atoms with Crippen molar-refractivity contribution in [2.24, 2.45) is 0 Å². The van der Waals surface area contributed by atoms with E-state index in [9.17, 15) is 0 Å². The lowest BCUT2D eigenvalue weighted by Crippen LogP contribution is -1.85. The second kappa shape index (κ2) is 2.73. The van der Waals surface area contributed by atoms with Crippen LogP contribution in [0.5, 0.6) is 0 Å². The first-order valence-corrected chi connectivity index (χ1v) is 4.22. The molecule has 0 amide bonds. The summed E-state index contributed by atoms with van der Waals surface area (Å²) in [4.78, 5) is 0. The molecule has 2 heteroatoms. The standard InChI is InChI=1S/C11H11NO/c1-7-3-4-10-9(5-7)6-11(13-10)8(2)12/h3-6,12H,1-2H3. The van der Waals surface area contributed by atoms with Crippen molar-refractivity contribution in [2.75, 3.05) is 0 Å². The van der Waals surface area contributed by atoms with Gasteiger partial charge in [0.05, 0.1) is 5.71 Å². The van der Waals surface area contributed by atoms with E-state index in [-0.39, 0.29) is 0 Å². The lowest BCUT2D eigenvalue weighted by atomic mass is 10.2. The molecule has 0 aliphatic carbocycles. The minimum Gasteiger partial charge on any atom is -0.455 e. The van der Waals surface area contributed by atoms with Gasteiger partial charge in [0.25, 0.3) is 0 Å². The topological polar surface area (TPSA) is 37.0 Å². The Morgan fingerprint density at radius 2 is 2.08 bits per heavy atom. The first-order valence-electron chi connectivity index (χ1n) is 4.22. The maximum Gasteiger partial charge on any atom is 0.148 e. The highest BCUT2D eigenvalue weighted by Crippen LogP contribution is 2.20. The van der Waals surface area contributed by atoms with Crippen LogP contribution in [0.4, 0.5) is 0 Å². The molecular weight excluding hydrogens is 162 g/mol. The van der Waals surface area contributed by atoms with Gasteiger partial charge in [-0.1, -0.05) is 11.6 Å². The Labute approximate surface area is 76.7 Å². The monoisotopic (exact) mass is 173 g/mol. The van der Waals surface area contributed by atoms with Crippen molar-refractivity contribution in [1.82, 2.24) is 0 Å². The number of hydrogen-bond acceptors (Lipinski definition) is 2. The molecule has 0 unspecified atom stereocenters. The van der Waals surface area contributed by atoms with Gasteiger partial charge in [-0.15, -0.1) is 0 Å². The fourth-order valence-corrected chi connectivity index (χ4v) is 1.35. The van der Waals surface area contributed by atoms with E-state index in [0.717, 1.165) is 11.0 Å². The quantitative estimate of drug-likeness (QED) is 0.661. The van der Waals surface area contributed by atoms with E-state index in [4.69, 9.17) is 9.83 Å². The molecule has 1 heterocycles. The van der Waals surface area contributed by atoms with Gasteiger partial charge >= 0.3 is 0 Å². The van der Waals surface area contributed by atoms with E-state index in [1.807, 2.05) is 25.1 Å². The Morgan fingerprint density at radius 1 is 1.31 bits per heavy atom. The van der Waals surface area contributed by atoms with Gasteiger partial charge in [0.1, 0.15) is 11.3 Å². The molecule has 13 heavy (non-hydrogen) atoms. The second-order valence-electron chi connectivity index (χ2n) is 3.28. The summed E-state index contributed by atoms with van der Waals surface area (Å²) in [6.45, 7) is 3.77. The number of fused-ring (bicyclic) bond motifs is 1. The fraction of sp³-hybridized carbons (Fsp3) is 0.182. The Morgan fingerprint density at radius 3 is 2.77 bits per heavy atom. The Kier molecular flexibility index (Phi) is 1.69. The fourth-order valence-electron chi connectivity index (χ4n) is 1.35. The zero-order valence-electron chi connectivity index (χ0n) is 7.72. The van der Waals surface area contributed by atoms with Gasteiger partial charge in [-0.05, 0) is 32.0 Å². The summed E-state index contributed by atoms with van der Waals surface area (Å²) in [6.07, 6.45) is 0. The molecule has 0 aliphatic heterocycles. The van der Waals surface area contributed by atoms with Gasteiger partial charge in [0.2, 0.25) is 0 Å². The second-order valence-corrected chi connectivity index (χ2v) is 3.28. The van der Waals surface area contributed by atoms with E-state index in [1.165, 1.54) is 5.56 Å². The number of benzene rings is 1. The van der Waals surface area contributed by atoms with Crippen molar-refractivity contribution in [3.8, 4) is 0 Å². The van der Waals surface area contributed by atoms with Crippen molar-refractivity contribution in [3.05, 3.63) is 35.6 Å². The molecule has 1 aromatic carbocycles. The van der Waals surface area contributed by atoms with E-state index in [1.54, 1.807) is 6.92 Å². The highest BCUT2D eigenvalue weighted by atomic mass is 16.3. The summed E-state index contributed by atoms with van der Waals surface area (Å²) in [5.74, 6) is 0.653. The largest absolute Gasteiger partial charge is 0.455 e. The van der Waals surface area contributed by atoms with Crippen LogP contribution in [0.1, 0.15) is 18.2 Å². The Balaban J connectivity index is 2.68. The molecule has 66 valence electrons. The summed E-state index contributed by atoms with van der Waals surface area (Å²) < 4.78 is 5.46. The minimum atomic E-state index is 0.467. The molecule has 2 nitrogen and oxygen atoms in total. The average molecular weight is 173 g/mol. The number of hydrogen-bond donors (Lipinski definition) is 1. The van der Waals surface area contributed by atoms with Gasteiger partial charge in [-0.2, -0.15) is 0 Å². The normalized spacial score (nSPS) is 10.6. The van der Waals surface area contributed by atoms with E-state index >= 15 is 0 Å². The van der Waals surface area contributed by atoms with Crippen molar-refractivity contribution in [2.45, 2.75) is 13.8 Å². The van der Waals surface area contributed by atoms with Crippen molar-refractivity contribution < 1.29 is 4.42 Å². The summed E-state index contributed by atoms with van der Waals surface area (Å²) in [5.41, 5.74) is 2.53. The molecule has 0 saturated heterocycles. The van der Waals surface area contributed by atoms with Crippen LogP contribution in [0.2, 0.25) is 0 Å². The summed E-state index contributed by atoms with van der Waals surface area (Å²) in [6, 6.07) is 7.92. The smallest absolute Gasteiger partial charge is 0.148 e. The summed E-state index contributed by atoms with van der Waals surface area (Å²) in [7, 11) is 0. The van der Waals surface area contributed by atoms with Crippen LogP contribution in [-0.4, -0.2) is 5.71 Å². The highest BCUT2D eigenvalue weighted by molar-refractivity contribution is 5.97. The predicted octanol–water partition coefficient (Wildman–Crippen LogP) is 3.13. The summed E-state index contributed by atoms with van der Waals surface area (Å²) >= 11 is 0. The lowest BCUT2D eigenvalue weighted by molar-refractivity contribution is 0.603. The first kappa shape index (κ1) is 8.05. The van der Waals surface area contributed by atoms with Gasteiger partial charge in [0.15, 0.2) is 0 Å². The third-order valence-electron chi connectivity index (χ3n) is 2.04. The van der Waals surface area contributed by atoms with E-state index in [0.29, 0.717) is 11.5 Å². The highest BCUT2D eigenvalue weighted by Gasteiger charge is 2.04. The lowest BCUT2D eigenvalue weighted by Gasteiger charge is -1.89. The van der Waals surface area contributed by atoms with Gasteiger partial charge < -0.3 is 9.83 Å². The third kappa shape index (κ3) is 1.35. The van der Waals surface area contributed by atoms with Crippen LogP contribution in [-0.2, 0) is 0 Å². The van der Waals surface area contributed by atoms with E-state index < -0.39 is 0 Å². The molecular formula is C11H11NO. The van der Waals surface area contributed by atoms with Crippen LogP contribution in [0.3, 0.4) is 0 Å². The number of nitrogens with one attached hydrogen (secondary N) is 1. The zero-order chi connectivity index (χ0) is 9.42. The molecule has 0 spiro atoms. The van der Waals surface area contributed by atoms with Crippen LogP contribution in [0.15, 0.2) is 28.7 Å². The predicted molar refractivity (Wildman–Crippen MR) is 53.5 cm³/mol. The minimum absolute atomic E-state index is 0.467. The number of aryl methyl sites for hydroxylation is 1. The van der Waals surface area contributed by atoms with Gasteiger partial charge in [0, 0.05) is 5.39 Å². The van der Waals surface area contributed by atoms with E-state index in [2.05, 4.69) is 6.07 Å². The third-order valence-corrected chi connectivity index (χ3v) is 2.04. The SMILES string of the molecule is CC(=N)c1cc2cc(C)ccc2o1. The van der Waals surface area contributed by atoms with Crippen LogP contribution in [0.25, 0.3) is 11.0 Å². The van der Waals surface area contributed by atoms with Crippen LogP contribution in [0, 0.1) is 12.3 Å². The molecule has 0 bridgehead atoms. The van der Waals surface area contributed by atoms with Crippen molar-refractivity contribution >= 4 is 16.7 Å². The summed E-state index contributed by atoms with van der Waals surface area (Å²) in [5, 5.41) is 8.50. The Bertz CT molecular complexity index is 468. The molecule has 0 saturated carbocycles. The van der Waals surface area contributed by atoms with Crippen LogP contribution >= 0.6 is 0 Å². The first-order chi connectivity index (χ1) is 6.16. The molecule has 0 atom stereocenters. The molecule has 2 rings (SSSR count). The molecule has 2 aromatic rings.